The summed E-state index contributed by atoms with van der Waals surface area (Å²) in [6.07, 6.45) is 4.49. The number of hydrogen-bond donors (Lipinski definition) is 0. The Bertz CT molecular complexity index is 736. The van der Waals surface area contributed by atoms with Crippen molar-refractivity contribution in [2.45, 2.75) is 38.0 Å². The van der Waals surface area contributed by atoms with Crippen LogP contribution in [0.2, 0.25) is 0 Å². The zero-order chi connectivity index (χ0) is 18.0. The molecule has 1 aromatic carbocycles. The Balaban J connectivity index is 1.66. The lowest BCUT2D eigenvalue weighted by Gasteiger charge is -2.24. The van der Waals surface area contributed by atoms with Crippen molar-refractivity contribution in [1.82, 2.24) is 14.7 Å². The van der Waals surface area contributed by atoms with Crippen LogP contribution < -0.4 is 0 Å². The Kier molecular flexibility index (Phi) is 5.23. The maximum atomic E-state index is 12.8. The van der Waals surface area contributed by atoms with E-state index in [4.69, 9.17) is 0 Å². The summed E-state index contributed by atoms with van der Waals surface area (Å²) in [6.45, 7) is 8.22. The van der Waals surface area contributed by atoms with Gasteiger partial charge in [0.15, 0.2) is 0 Å². The van der Waals surface area contributed by atoms with Gasteiger partial charge in [-0.25, -0.2) is 0 Å². The lowest BCUT2D eigenvalue weighted by Crippen LogP contribution is -2.31. The van der Waals surface area contributed by atoms with Gasteiger partial charge in [-0.15, -0.1) is 11.8 Å². The number of amides is 1. The first kappa shape index (κ1) is 18.1. The van der Waals surface area contributed by atoms with Crippen molar-refractivity contribution in [1.29, 1.82) is 0 Å². The first-order chi connectivity index (χ1) is 11.9. The second-order valence-corrected chi connectivity index (χ2v) is 8.85. The third-order valence-corrected chi connectivity index (χ3v) is 5.91. The van der Waals surface area contributed by atoms with E-state index >= 15 is 0 Å². The Morgan fingerprint density at radius 3 is 2.64 bits per heavy atom. The Morgan fingerprint density at radius 2 is 2.04 bits per heavy atom. The maximum absolute atomic E-state index is 12.8. The van der Waals surface area contributed by atoms with Gasteiger partial charge in [0, 0.05) is 37.1 Å². The van der Waals surface area contributed by atoms with E-state index in [2.05, 4.69) is 56.3 Å². The molecule has 1 fully saturated rings. The predicted octanol–water partition coefficient (Wildman–Crippen LogP) is 3.73. The van der Waals surface area contributed by atoms with Crippen LogP contribution in [-0.2, 0) is 18.3 Å². The van der Waals surface area contributed by atoms with Crippen molar-refractivity contribution >= 4 is 17.7 Å². The van der Waals surface area contributed by atoms with Crippen LogP contribution in [0.4, 0.5) is 0 Å². The molecule has 1 unspecified atom stereocenters. The fourth-order valence-electron chi connectivity index (χ4n) is 3.66. The molecule has 3 rings (SSSR count). The van der Waals surface area contributed by atoms with Gasteiger partial charge in [-0.1, -0.05) is 32.9 Å². The summed E-state index contributed by atoms with van der Waals surface area (Å²) in [5.74, 6) is 1.63. The van der Waals surface area contributed by atoms with Crippen LogP contribution in [-0.4, -0.2) is 39.4 Å². The molecule has 0 saturated carbocycles. The number of hydrogen-bond acceptors (Lipinski definition) is 3. The van der Waals surface area contributed by atoms with Crippen LogP contribution in [0.25, 0.3) is 0 Å². The summed E-state index contributed by atoms with van der Waals surface area (Å²) in [5.41, 5.74) is 2.39. The van der Waals surface area contributed by atoms with E-state index in [1.165, 1.54) is 10.5 Å². The van der Waals surface area contributed by atoms with Gasteiger partial charge >= 0.3 is 0 Å². The molecule has 25 heavy (non-hydrogen) atoms. The molecule has 1 amide bonds. The molecule has 0 radical (unpaired) electrons. The highest BCUT2D eigenvalue weighted by atomic mass is 32.2. The molecule has 1 saturated heterocycles. The molecule has 2 aromatic rings. The van der Waals surface area contributed by atoms with Crippen molar-refractivity contribution in [2.75, 3.05) is 18.8 Å². The highest BCUT2D eigenvalue weighted by Crippen LogP contribution is 2.42. The van der Waals surface area contributed by atoms with Crippen molar-refractivity contribution in [3.05, 3.63) is 47.8 Å². The van der Waals surface area contributed by atoms with Gasteiger partial charge in [-0.2, -0.15) is 5.10 Å². The third-order valence-electron chi connectivity index (χ3n) is 5.01. The minimum absolute atomic E-state index is 0.0698. The molecular weight excluding hydrogens is 330 g/mol. The van der Waals surface area contributed by atoms with Gasteiger partial charge < -0.3 is 4.90 Å². The highest BCUT2D eigenvalue weighted by molar-refractivity contribution is 7.99. The first-order valence-electron chi connectivity index (χ1n) is 8.87. The molecular formula is C20H27N3OS. The summed E-state index contributed by atoms with van der Waals surface area (Å²) in [7, 11) is 1.94. The number of carbonyl (C=O) groups is 1. The third kappa shape index (κ3) is 4.09. The minimum Gasteiger partial charge on any atom is -0.341 e. The van der Waals surface area contributed by atoms with Gasteiger partial charge in [0.05, 0.1) is 12.6 Å². The monoisotopic (exact) mass is 357 g/mol. The van der Waals surface area contributed by atoms with Crippen LogP contribution >= 0.6 is 11.8 Å². The molecule has 1 atom stereocenters. The van der Waals surface area contributed by atoms with E-state index < -0.39 is 0 Å². The Labute approximate surface area is 154 Å². The van der Waals surface area contributed by atoms with E-state index in [1.807, 2.05) is 34.6 Å². The number of thioether (sulfide) groups is 1. The SMILES string of the molecule is CCSc1ccc(CC(=O)N2CC(c3cnn(C)c3)C(C)(C)C2)cc1. The van der Waals surface area contributed by atoms with Gasteiger partial charge in [0.2, 0.25) is 5.91 Å². The second-order valence-electron chi connectivity index (χ2n) is 7.52. The fourth-order valence-corrected chi connectivity index (χ4v) is 4.32. The summed E-state index contributed by atoms with van der Waals surface area (Å²) in [4.78, 5) is 16.1. The highest BCUT2D eigenvalue weighted by Gasteiger charge is 2.42. The lowest BCUT2D eigenvalue weighted by atomic mass is 9.79. The van der Waals surface area contributed by atoms with Crippen LogP contribution in [0, 0.1) is 5.41 Å². The first-order valence-corrected chi connectivity index (χ1v) is 9.85. The smallest absolute Gasteiger partial charge is 0.227 e. The van der Waals surface area contributed by atoms with Crippen LogP contribution in [0.1, 0.15) is 37.8 Å². The standard InChI is InChI=1S/C20H27N3OS/c1-5-25-17-8-6-15(7-9-17)10-19(24)23-13-18(20(2,3)14-23)16-11-21-22(4)12-16/h6-9,11-12,18H,5,10,13-14H2,1-4H3. The number of aromatic nitrogens is 2. The zero-order valence-electron chi connectivity index (χ0n) is 15.5. The van der Waals surface area contributed by atoms with E-state index in [0.29, 0.717) is 12.3 Å². The molecule has 2 heterocycles. The van der Waals surface area contributed by atoms with E-state index in [0.717, 1.165) is 24.4 Å². The van der Waals surface area contributed by atoms with Crippen molar-refractivity contribution in [3.8, 4) is 0 Å². The average molecular weight is 358 g/mol. The molecule has 0 N–H and O–H groups in total. The molecule has 1 aliphatic rings. The van der Waals surface area contributed by atoms with E-state index in [-0.39, 0.29) is 11.3 Å². The normalized spacial score (nSPS) is 19.4. The number of rotatable bonds is 5. The summed E-state index contributed by atoms with van der Waals surface area (Å²) >= 11 is 1.82. The minimum atomic E-state index is 0.0698. The second kappa shape index (κ2) is 7.24. The summed E-state index contributed by atoms with van der Waals surface area (Å²) in [6, 6.07) is 8.39. The molecule has 5 heteroatoms. The lowest BCUT2D eigenvalue weighted by molar-refractivity contribution is -0.129. The number of likely N-dealkylation sites (tertiary alicyclic amines) is 1. The summed E-state index contributed by atoms with van der Waals surface area (Å²) in [5, 5.41) is 4.30. The number of carbonyl (C=O) groups excluding carboxylic acids is 1. The van der Waals surface area contributed by atoms with Gasteiger partial charge in [0.25, 0.3) is 0 Å². The van der Waals surface area contributed by atoms with Crippen molar-refractivity contribution < 1.29 is 4.79 Å². The largest absolute Gasteiger partial charge is 0.341 e. The number of aryl methyl sites for hydroxylation is 1. The molecule has 1 aromatic heterocycles. The van der Waals surface area contributed by atoms with Gasteiger partial charge in [-0.05, 0) is 34.4 Å². The Morgan fingerprint density at radius 1 is 1.32 bits per heavy atom. The van der Waals surface area contributed by atoms with Crippen molar-refractivity contribution in [3.63, 3.8) is 0 Å². The molecule has 0 spiro atoms. The summed E-state index contributed by atoms with van der Waals surface area (Å²) < 4.78 is 1.84. The molecule has 4 nitrogen and oxygen atoms in total. The van der Waals surface area contributed by atoms with Crippen LogP contribution in [0.5, 0.6) is 0 Å². The van der Waals surface area contributed by atoms with E-state index in [9.17, 15) is 4.79 Å². The van der Waals surface area contributed by atoms with Gasteiger partial charge in [0.1, 0.15) is 0 Å². The molecule has 1 aliphatic heterocycles. The predicted molar refractivity (Wildman–Crippen MR) is 103 cm³/mol. The van der Waals surface area contributed by atoms with Crippen LogP contribution in [0.3, 0.4) is 0 Å². The Hall–Kier alpha value is -1.75. The van der Waals surface area contributed by atoms with Gasteiger partial charge in [-0.3, -0.25) is 9.48 Å². The zero-order valence-corrected chi connectivity index (χ0v) is 16.3. The quantitative estimate of drug-likeness (QED) is 0.766. The fraction of sp³-hybridized carbons (Fsp3) is 0.500. The topological polar surface area (TPSA) is 38.1 Å². The van der Waals surface area contributed by atoms with Crippen LogP contribution in [0.15, 0.2) is 41.6 Å². The number of nitrogens with zero attached hydrogens (tertiary/aromatic N) is 3. The molecule has 0 bridgehead atoms. The average Bonchev–Trinajstić information content (AvgIpc) is 3.12. The molecule has 0 aliphatic carbocycles. The van der Waals surface area contributed by atoms with E-state index in [1.54, 1.807) is 0 Å². The number of benzene rings is 1. The molecule has 134 valence electrons. The maximum Gasteiger partial charge on any atom is 0.227 e. The van der Waals surface area contributed by atoms with Crippen molar-refractivity contribution in [2.24, 2.45) is 12.5 Å².